The lowest BCUT2D eigenvalue weighted by molar-refractivity contribution is -0.122. The van der Waals surface area contributed by atoms with E-state index in [-0.39, 0.29) is 5.91 Å². The van der Waals surface area contributed by atoms with Crippen LogP contribution in [0.1, 0.15) is 11.1 Å². The molecule has 0 aliphatic heterocycles. The van der Waals surface area contributed by atoms with E-state index in [2.05, 4.69) is 10.3 Å². The Kier molecular flexibility index (Phi) is 5.36. The van der Waals surface area contributed by atoms with Gasteiger partial charge in [-0.25, -0.2) is 0 Å². The summed E-state index contributed by atoms with van der Waals surface area (Å²) in [5.41, 5.74) is 9.29. The van der Waals surface area contributed by atoms with Crippen molar-refractivity contribution in [2.45, 2.75) is 19.4 Å². The molecule has 3 rings (SSSR count). The van der Waals surface area contributed by atoms with Crippen molar-refractivity contribution < 1.29 is 9.53 Å². The number of amides is 1. The third-order valence-electron chi connectivity index (χ3n) is 4.11. The Morgan fingerprint density at radius 3 is 2.92 bits per heavy atom. The van der Waals surface area contributed by atoms with Gasteiger partial charge in [0.25, 0.3) is 0 Å². The molecule has 0 radical (unpaired) electrons. The van der Waals surface area contributed by atoms with Gasteiger partial charge in [-0.3, -0.25) is 4.79 Å². The van der Waals surface area contributed by atoms with Crippen LogP contribution in [0, 0.1) is 6.92 Å². The maximum absolute atomic E-state index is 12.2. The summed E-state index contributed by atoms with van der Waals surface area (Å²) in [4.78, 5) is 15.4. The van der Waals surface area contributed by atoms with E-state index in [0.29, 0.717) is 19.6 Å². The van der Waals surface area contributed by atoms with Crippen LogP contribution < -0.4 is 15.8 Å². The number of aromatic nitrogens is 1. The number of nitrogens with one attached hydrogen (secondary N) is 2. The van der Waals surface area contributed by atoms with Crippen molar-refractivity contribution in [3.63, 3.8) is 0 Å². The van der Waals surface area contributed by atoms with Crippen molar-refractivity contribution in [3.8, 4) is 5.75 Å². The van der Waals surface area contributed by atoms with Crippen LogP contribution in [0.4, 0.5) is 0 Å². The zero-order valence-electron chi connectivity index (χ0n) is 14.3. The van der Waals surface area contributed by atoms with Crippen molar-refractivity contribution in [2.24, 2.45) is 5.73 Å². The summed E-state index contributed by atoms with van der Waals surface area (Å²) in [6, 6.07) is 15.2. The number of ether oxygens (including phenoxy) is 1. The molecule has 25 heavy (non-hydrogen) atoms. The number of carbonyl (C=O) groups excluding carboxylic acids is 1. The van der Waals surface area contributed by atoms with Crippen molar-refractivity contribution in [1.82, 2.24) is 10.3 Å². The van der Waals surface area contributed by atoms with Crippen LogP contribution in [-0.4, -0.2) is 30.1 Å². The summed E-state index contributed by atoms with van der Waals surface area (Å²) >= 11 is 0. The lowest BCUT2D eigenvalue weighted by Crippen LogP contribution is -2.43. The van der Waals surface area contributed by atoms with Crippen molar-refractivity contribution in [2.75, 3.05) is 13.2 Å². The zero-order valence-corrected chi connectivity index (χ0v) is 14.3. The van der Waals surface area contributed by atoms with E-state index in [1.165, 1.54) is 0 Å². The second-order valence-electron chi connectivity index (χ2n) is 6.13. The SMILES string of the molecule is Cc1cccc(OCCNC(=O)[C@@H](N)Cc2c[nH]c3ccccc23)c1. The number of H-pyrrole nitrogens is 1. The number of para-hydroxylation sites is 1. The molecule has 4 N–H and O–H groups in total. The predicted octanol–water partition coefficient (Wildman–Crippen LogP) is 2.54. The van der Waals surface area contributed by atoms with E-state index in [9.17, 15) is 4.79 Å². The number of benzene rings is 2. The minimum absolute atomic E-state index is 0.168. The number of hydrogen-bond donors (Lipinski definition) is 3. The molecular formula is C20H23N3O2. The third-order valence-corrected chi connectivity index (χ3v) is 4.11. The first kappa shape index (κ1) is 17.0. The summed E-state index contributed by atoms with van der Waals surface area (Å²) in [6.07, 6.45) is 2.41. The molecule has 1 heterocycles. The predicted molar refractivity (Wildman–Crippen MR) is 99.7 cm³/mol. The summed E-state index contributed by atoms with van der Waals surface area (Å²) in [6.45, 7) is 2.85. The van der Waals surface area contributed by atoms with Gasteiger partial charge in [0.2, 0.25) is 5.91 Å². The Bertz CT molecular complexity index is 857. The number of nitrogens with two attached hydrogens (primary N) is 1. The number of aryl methyl sites for hydroxylation is 1. The molecule has 5 nitrogen and oxygen atoms in total. The van der Waals surface area contributed by atoms with Gasteiger partial charge >= 0.3 is 0 Å². The first-order valence-electron chi connectivity index (χ1n) is 8.41. The van der Waals surface area contributed by atoms with Crippen LogP contribution in [0.2, 0.25) is 0 Å². The second kappa shape index (κ2) is 7.85. The van der Waals surface area contributed by atoms with Gasteiger partial charge in [-0.15, -0.1) is 0 Å². The molecule has 3 aromatic rings. The van der Waals surface area contributed by atoms with Crippen molar-refractivity contribution in [3.05, 3.63) is 65.9 Å². The standard InChI is InChI=1S/C20H23N3O2/c1-14-5-4-6-16(11-14)25-10-9-22-20(24)18(21)12-15-13-23-19-8-3-2-7-17(15)19/h2-8,11,13,18,23H,9-10,12,21H2,1H3,(H,22,24)/t18-/m0/s1. The second-order valence-corrected chi connectivity index (χ2v) is 6.13. The average molecular weight is 337 g/mol. The first-order chi connectivity index (χ1) is 12.1. The summed E-state index contributed by atoms with van der Waals surface area (Å²) in [5, 5.41) is 3.93. The van der Waals surface area contributed by atoms with E-state index in [0.717, 1.165) is 27.8 Å². The lowest BCUT2D eigenvalue weighted by atomic mass is 10.1. The van der Waals surface area contributed by atoms with Crippen LogP contribution >= 0.6 is 0 Å². The van der Waals surface area contributed by atoms with E-state index in [4.69, 9.17) is 10.5 Å². The summed E-state index contributed by atoms with van der Waals surface area (Å²) in [7, 11) is 0. The average Bonchev–Trinajstić information content (AvgIpc) is 3.02. The number of aromatic amines is 1. The normalized spacial score (nSPS) is 12.1. The zero-order chi connectivity index (χ0) is 17.6. The van der Waals surface area contributed by atoms with Gasteiger partial charge in [-0.05, 0) is 42.7 Å². The maximum atomic E-state index is 12.2. The Morgan fingerprint density at radius 2 is 2.08 bits per heavy atom. The van der Waals surface area contributed by atoms with E-state index in [1.807, 2.05) is 61.7 Å². The molecule has 2 aromatic carbocycles. The van der Waals surface area contributed by atoms with E-state index < -0.39 is 6.04 Å². The van der Waals surface area contributed by atoms with Crippen molar-refractivity contribution >= 4 is 16.8 Å². The van der Waals surface area contributed by atoms with Crippen LogP contribution in [-0.2, 0) is 11.2 Å². The Hall–Kier alpha value is -2.79. The Morgan fingerprint density at radius 1 is 1.24 bits per heavy atom. The summed E-state index contributed by atoms with van der Waals surface area (Å²) in [5.74, 6) is 0.635. The third kappa shape index (κ3) is 4.39. The van der Waals surface area contributed by atoms with E-state index in [1.54, 1.807) is 0 Å². The molecule has 130 valence electrons. The molecular weight excluding hydrogens is 314 g/mol. The highest BCUT2D eigenvalue weighted by molar-refractivity contribution is 5.86. The van der Waals surface area contributed by atoms with Crippen LogP contribution in [0.25, 0.3) is 10.9 Å². The first-order valence-corrected chi connectivity index (χ1v) is 8.41. The maximum Gasteiger partial charge on any atom is 0.237 e. The highest BCUT2D eigenvalue weighted by Crippen LogP contribution is 2.18. The Labute approximate surface area is 147 Å². The number of hydrogen-bond acceptors (Lipinski definition) is 3. The molecule has 0 spiro atoms. The number of rotatable bonds is 7. The van der Waals surface area contributed by atoms with Gasteiger partial charge in [0.1, 0.15) is 12.4 Å². The molecule has 1 atom stereocenters. The molecule has 0 saturated heterocycles. The van der Waals surface area contributed by atoms with Gasteiger partial charge in [0.15, 0.2) is 0 Å². The monoisotopic (exact) mass is 337 g/mol. The molecule has 0 saturated carbocycles. The van der Waals surface area contributed by atoms with Gasteiger partial charge in [0.05, 0.1) is 12.6 Å². The minimum atomic E-state index is -0.585. The van der Waals surface area contributed by atoms with Crippen LogP contribution in [0.15, 0.2) is 54.7 Å². The Balaban J connectivity index is 1.46. The molecule has 0 fully saturated rings. The fourth-order valence-electron chi connectivity index (χ4n) is 2.81. The molecule has 1 amide bonds. The molecule has 0 aliphatic carbocycles. The highest BCUT2D eigenvalue weighted by atomic mass is 16.5. The molecule has 5 heteroatoms. The smallest absolute Gasteiger partial charge is 0.237 e. The van der Waals surface area contributed by atoms with Gasteiger partial charge in [-0.2, -0.15) is 0 Å². The van der Waals surface area contributed by atoms with Gasteiger partial charge in [-0.1, -0.05) is 30.3 Å². The van der Waals surface area contributed by atoms with Crippen LogP contribution in [0.3, 0.4) is 0 Å². The highest BCUT2D eigenvalue weighted by Gasteiger charge is 2.15. The van der Waals surface area contributed by atoms with Gasteiger partial charge < -0.3 is 20.8 Å². The molecule has 0 bridgehead atoms. The topological polar surface area (TPSA) is 80.1 Å². The van der Waals surface area contributed by atoms with E-state index >= 15 is 0 Å². The minimum Gasteiger partial charge on any atom is -0.492 e. The number of fused-ring (bicyclic) bond motifs is 1. The quantitative estimate of drug-likeness (QED) is 0.580. The van der Waals surface area contributed by atoms with Gasteiger partial charge in [0, 0.05) is 17.1 Å². The van der Waals surface area contributed by atoms with Crippen LogP contribution in [0.5, 0.6) is 5.75 Å². The lowest BCUT2D eigenvalue weighted by Gasteiger charge is -2.12. The largest absolute Gasteiger partial charge is 0.492 e. The molecule has 0 unspecified atom stereocenters. The fraction of sp³-hybridized carbons (Fsp3) is 0.250. The summed E-state index contributed by atoms with van der Waals surface area (Å²) < 4.78 is 5.62. The molecule has 0 aliphatic rings. The van der Waals surface area contributed by atoms with Crippen molar-refractivity contribution in [1.29, 1.82) is 0 Å². The number of carbonyl (C=O) groups is 1. The molecule has 1 aromatic heterocycles. The fourth-order valence-corrected chi connectivity index (χ4v) is 2.81.